The third-order valence-electron chi connectivity index (χ3n) is 5.79. The van der Waals surface area contributed by atoms with Gasteiger partial charge in [0.15, 0.2) is 0 Å². The van der Waals surface area contributed by atoms with Crippen molar-refractivity contribution in [2.75, 3.05) is 32.6 Å². The molecule has 1 N–H and O–H groups in total. The lowest BCUT2D eigenvalue weighted by atomic mass is 9.98. The number of sulfonamides is 1. The van der Waals surface area contributed by atoms with E-state index in [0.717, 1.165) is 16.5 Å². The second kappa shape index (κ2) is 9.18. The molecule has 0 saturated carbocycles. The number of benzene rings is 3. The number of hydrogen-bond acceptors (Lipinski definition) is 5. The number of amides is 1. The van der Waals surface area contributed by atoms with Gasteiger partial charge in [-0.3, -0.25) is 4.79 Å². The lowest BCUT2D eigenvalue weighted by molar-refractivity contribution is -0.120. The van der Waals surface area contributed by atoms with Crippen LogP contribution < -0.4 is 14.8 Å². The second-order valence-corrected chi connectivity index (χ2v) is 9.64. The molecule has 0 bridgehead atoms. The molecule has 7 nitrogen and oxygen atoms in total. The highest BCUT2D eigenvalue weighted by atomic mass is 32.2. The summed E-state index contributed by atoms with van der Waals surface area (Å²) in [5, 5.41) is 4.98. The number of hydrogen-bond donors (Lipinski definition) is 1. The van der Waals surface area contributed by atoms with E-state index in [1.165, 1.54) is 24.6 Å². The molecule has 1 saturated heterocycles. The quantitative estimate of drug-likeness (QED) is 0.611. The van der Waals surface area contributed by atoms with Gasteiger partial charge in [0, 0.05) is 30.2 Å². The zero-order chi connectivity index (χ0) is 22.7. The Morgan fingerprint density at radius 1 is 1.03 bits per heavy atom. The molecule has 1 heterocycles. The first-order chi connectivity index (χ1) is 15.4. The molecule has 1 atom stereocenters. The van der Waals surface area contributed by atoms with Crippen LogP contribution in [0.15, 0.2) is 65.6 Å². The molecular formula is C24H26N2O5S. The minimum absolute atomic E-state index is 0.0365. The molecule has 32 heavy (non-hydrogen) atoms. The van der Waals surface area contributed by atoms with Crippen LogP contribution in [0.25, 0.3) is 10.8 Å². The molecule has 0 spiro atoms. The highest BCUT2D eigenvalue weighted by Crippen LogP contribution is 2.33. The third-order valence-corrected chi connectivity index (χ3v) is 7.68. The van der Waals surface area contributed by atoms with Crippen molar-refractivity contribution in [3.63, 3.8) is 0 Å². The number of piperidine rings is 1. The van der Waals surface area contributed by atoms with Crippen molar-refractivity contribution >= 4 is 32.4 Å². The predicted octanol–water partition coefficient (Wildman–Crippen LogP) is 3.90. The van der Waals surface area contributed by atoms with Crippen LogP contribution in [0.2, 0.25) is 0 Å². The van der Waals surface area contributed by atoms with Gasteiger partial charge >= 0.3 is 0 Å². The number of nitrogens with zero attached hydrogens (tertiary/aromatic N) is 1. The Kier molecular flexibility index (Phi) is 6.34. The van der Waals surface area contributed by atoms with Crippen LogP contribution in [-0.4, -0.2) is 45.9 Å². The number of carbonyl (C=O) groups is 1. The first kappa shape index (κ1) is 22.1. The summed E-state index contributed by atoms with van der Waals surface area (Å²) in [4.78, 5) is 13.1. The lowest BCUT2D eigenvalue weighted by Crippen LogP contribution is -2.43. The first-order valence-electron chi connectivity index (χ1n) is 10.4. The van der Waals surface area contributed by atoms with Crippen molar-refractivity contribution in [2.24, 2.45) is 5.92 Å². The molecule has 0 radical (unpaired) electrons. The summed E-state index contributed by atoms with van der Waals surface area (Å²) in [5.41, 5.74) is 0.725. The van der Waals surface area contributed by atoms with E-state index in [2.05, 4.69) is 5.32 Å². The topological polar surface area (TPSA) is 84.9 Å². The Morgan fingerprint density at radius 2 is 1.81 bits per heavy atom. The normalized spacial score (nSPS) is 17.1. The van der Waals surface area contributed by atoms with Gasteiger partial charge in [0.05, 0.1) is 20.1 Å². The molecule has 4 rings (SSSR count). The maximum absolute atomic E-state index is 13.4. The molecule has 0 aliphatic carbocycles. The first-order valence-corrected chi connectivity index (χ1v) is 11.9. The van der Waals surface area contributed by atoms with Gasteiger partial charge in [0.1, 0.15) is 16.4 Å². The van der Waals surface area contributed by atoms with Gasteiger partial charge in [-0.2, -0.15) is 4.31 Å². The highest BCUT2D eigenvalue weighted by molar-refractivity contribution is 7.89. The van der Waals surface area contributed by atoms with Gasteiger partial charge in [0.25, 0.3) is 0 Å². The zero-order valence-electron chi connectivity index (χ0n) is 18.1. The molecular weight excluding hydrogens is 428 g/mol. The van der Waals surface area contributed by atoms with Gasteiger partial charge in [-0.25, -0.2) is 8.42 Å². The molecule has 1 aliphatic rings. The van der Waals surface area contributed by atoms with Crippen molar-refractivity contribution in [1.29, 1.82) is 0 Å². The summed E-state index contributed by atoms with van der Waals surface area (Å²) in [5.74, 6) is 0.0349. The average Bonchev–Trinajstić information content (AvgIpc) is 2.84. The summed E-state index contributed by atoms with van der Waals surface area (Å²) in [7, 11) is -0.956. The molecule has 1 aliphatic heterocycles. The molecule has 1 amide bonds. The molecule has 3 aromatic carbocycles. The Hall–Kier alpha value is -3.10. The summed E-state index contributed by atoms with van der Waals surface area (Å²) in [6.45, 7) is 0.458. The van der Waals surface area contributed by atoms with E-state index in [1.54, 1.807) is 12.1 Å². The van der Waals surface area contributed by atoms with E-state index >= 15 is 0 Å². The number of fused-ring (bicyclic) bond motifs is 1. The Bertz CT molecular complexity index is 1240. The Balaban J connectivity index is 1.56. The molecule has 0 aromatic heterocycles. The monoisotopic (exact) mass is 454 g/mol. The number of rotatable bonds is 6. The summed E-state index contributed by atoms with van der Waals surface area (Å²) in [6.07, 6.45) is 1.22. The number of anilines is 1. The van der Waals surface area contributed by atoms with Crippen molar-refractivity contribution in [1.82, 2.24) is 4.31 Å². The maximum Gasteiger partial charge on any atom is 0.246 e. The second-order valence-electron chi connectivity index (χ2n) is 7.73. The van der Waals surface area contributed by atoms with Gasteiger partial charge in [-0.1, -0.05) is 36.4 Å². The minimum atomic E-state index is -3.86. The van der Waals surface area contributed by atoms with Crippen LogP contribution in [-0.2, 0) is 14.8 Å². The largest absolute Gasteiger partial charge is 0.497 e. The highest BCUT2D eigenvalue weighted by Gasteiger charge is 2.35. The predicted molar refractivity (Wildman–Crippen MR) is 124 cm³/mol. The smallest absolute Gasteiger partial charge is 0.246 e. The van der Waals surface area contributed by atoms with Gasteiger partial charge in [-0.05, 0) is 36.4 Å². The SMILES string of the molecule is COc1ccc(OC)c(S(=O)(=O)N2CCCC(C(=O)Nc3cccc4ccccc34)C2)c1. The van der Waals surface area contributed by atoms with Crippen molar-refractivity contribution < 1.29 is 22.7 Å². The van der Waals surface area contributed by atoms with Gasteiger partial charge in [-0.15, -0.1) is 0 Å². The third kappa shape index (κ3) is 4.28. The van der Waals surface area contributed by atoms with Crippen molar-refractivity contribution in [3.05, 3.63) is 60.7 Å². The fourth-order valence-electron chi connectivity index (χ4n) is 4.07. The van der Waals surface area contributed by atoms with E-state index in [-0.39, 0.29) is 23.1 Å². The van der Waals surface area contributed by atoms with Crippen molar-refractivity contribution in [3.8, 4) is 11.5 Å². The molecule has 8 heteroatoms. The van der Waals surface area contributed by atoms with Gasteiger partial charge in [0.2, 0.25) is 15.9 Å². The number of carbonyl (C=O) groups excluding carboxylic acids is 1. The van der Waals surface area contributed by atoms with Crippen LogP contribution in [0.3, 0.4) is 0 Å². The summed E-state index contributed by atoms with van der Waals surface area (Å²) < 4.78 is 38.6. The Labute approximate surface area is 188 Å². The summed E-state index contributed by atoms with van der Waals surface area (Å²) >= 11 is 0. The molecule has 1 fully saturated rings. The zero-order valence-corrected chi connectivity index (χ0v) is 18.9. The van der Waals surface area contributed by atoms with Crippen LogP contribution >= 0.6 is 0 Å². The van der Waals surface area contributed by atoms with Crippen LogP contribution in [0.1, 0.15) is 12.8 Å². The standard InChI is InChI=1S/C24H26N2O5S/c1-30-19-12-13-22(31-2)23(15-19)32(28,29)26-14-6-9-18(16-26)24(27)25-21-11-5-8-17-7-3-4-10-20(17)21/h3-5,7-8,10-13,15,18H,6,9,14,16H2,1-2H3,(H,25,27). The van der Waals surface area contributed by atoms with Crippen LogP contribution in [0, 0.1) is 5.92 Å². The summed E-state index contributed by atoms with van der Waals surface area (Å²) in [6, 6.07) is 18.2. The average molecular weight is 455 g/mol. The van der Waals surface area contributed by atoms with Crippen LogP contribution in [0.5, 0.6) is 11.5 Å². The van der Waals surface area contributed by atoms with Crippen LogP contribution in [0.4, 0.5) is 5.69 Å². The fraction of sp³-hybridized carbons (Fsp3) is 0.292. The van der Waals surface area contributed by atoms with Gasteiger partial charge < -0.3 is 14.8 Å². The molecule has 168 valence electrons. The van der Waals surface area contributed by atoms with E-state index in [4.69, 9.17) is 9.47 Å². The van der Waals surface area contributed by atoms with E-state index in [1.807, 2.05) is 42.5 Å². The van der Waals surface area contributed by atoms with E-state index in [0.29, 0.717) is 25.1 Å². The molecule has 1 unspecified atom stereocenters. The van der Waals surface area contributed by atoms with Crippen molar-refractivity contribution in [2.45, 2.75) is 17.7 Å². The van der Waals surface area contributed by atoms with E-state index in [9.17, 15) is 13.2 Å². The lowest BCUT2D eigenvalue weighted by Gasteiger charge is -2.31. The fourth-order valence-corrected chi connectivity index (χ4v) is 5.76. The minimum Gasteiger partial charge on any atom is -0.497 e. The molecule has 3 aromatic rings. The number of ether oxygens (including phenoxy) is 2. The number of nitrogens with one attached hydrogen (secondary N) is 1. The number of methoxy groups -OCH3 is 2. The van der Waals surface area contributed by atoms with E-state index < -0.39 is 15.9 Å². The maximum atomic E-state index is 13.4. The Morgan fingerprint density at radius 3 is 2.59 bits per heavy atom.